The molecule has 0 spiro atoms. The van der Waals surface area contributed by atoms with Crippen LogP contribution in [0.5, 0.6) is 0 Å². The van der Waals surface area contributed by atoms with Crippen LogP contribution in [0.25, 0.3) is 0 Å². The minimum absolute atomic E-state index is 0.0857. The number of esters is 1. The molecule has 0 bridgehead atoms. The third-order valence-electron chi connectivity index (χ3n) is 2.36. The molecule has 2 atom stereocenters. The quantitative estimate of drug-likeness (QED) is 0.494. The fraction of sp³-hybridized carbons (Fsp3) is 0.667. The van der Waals surface area contributed by atoms with Crippen LogP contribution in [0, 0.1) is 5.92 Å². The van der Waals surface area contributed by atoms with Crippen molar-refractivity contribution in [2.75, 3.05) is 7.11 Å². The lowest BCUT2D eigenvalue weighted by molar-refractivity contribution is -0.152. The van der Waals surface area contributed by atoms with Crippen LogP contribution in [0.15, 0.2) is 12.2 Å². The number of hydrogen-bond donors (Lipinski definition) is 1. The smallest absolute Gasteiger partial charge is 0.335 e. The number of methoxy groups -OCH3 is 1. The molecule has 68 valence electrons. The van der Waals surface area contributed by atoms with E-state index in [0.717, 1.165) is 24.8 Å². The highest BCUT2D eigenvalue weighted by Crippen LogP contribution is 2.32. The lowest BCUT2D eigenvalue weighted by Crippen LogP contribution is -2.29. The Morgan fingerprint density at radius 1 is 1.83 bits per heavy atom. The minimum Gasteiger partial charge on any atom is -0.467 e. The first-order chi connectivity index (χ1) is 5.66. The summed E-state index contributed by atoms with van der Waals surface area (Å²) >= 11 is 0. The molecule has 0 aromatic rings. The minimum atomic E-state index is -1.01. The summed E-state index contributed by atoms with van der Waals surface area (Å²) in [6.07, 6.45) is 1.76. The van der Waals surface area contributed by atoms with E-state index in [1.165, 1.54) is 7.11 Å². The number of aliphatic hydroxyl groups excluding tert-OH is 1. The van der Waals surface area contributed by atoms with Crippen LogP contribution in [0.1, 0.15) is 19.3 Å². The van der Waals surface area contributed by atoms with Gasteiger partial charge in [-0.25, -0.2) is 4.79 Å². The molecule has 0 heterocycles. The summed E-state index contributed by atoms with van der Waals surface area (Å²) in [6, 6.07) is 0. The Balaban J connectivity index is 2.57. The predicted octanol–water partition coefficient (Wildman–Crippen LogP) is 0.877. The molecule has 0 amide bonds. The van der Waals surface area contributed by atoms with Crippen molar-refractivity contribution in [3.05, 3.63) is 12.2 Å². The van der Waals surface area contributed by atoms with E-state index in [-0.39, 0.29) is 5.92 Å². The van der Waals surface area contributed by atoms with Crippen molar-refractivity contribution in [3.63, 3.8) is 0 Å². The van der Waals surface area contributed by atoms with Crippen LogP contribution in [0.2, 0.25) is 0 Å². The highest BCUT2D eigenvalue weighted by molar-refractivity contribution is 5.75. The summed E-state index contributed by atoms with van der Waals surface area (Å²) in [5, 5.41) is 9.45. The van der Waals surface area contributed by atoms with Crippen LogP contribution >= 0.6 is 0 Å². The van der Waals surface area contributed by atoms with Crippen molar-refractivity contribution in [1.29, 1.82) is 0 Å². The maximum Gasteiger partial charge on any atom is 0.335 e. The molecule has 3 nitrogen and oxygen atoms in total. The van der Waals surface area contributed by atoms with Crippen molar-refractivity contribution in [1.82, 2.24) is 0 Å². The van der Waals surface area contributed by atoms with Crippen LogP contribution in [-0.2, 0) is 9.53 Å². The molecule has 1 fully saturated rings. The van der Waals surface area contributed by atoms with Crippen molar-refractivity contribution in [2.24, 2.45) is 5.92 Å². The largest absolute Gasteiger partial charge is 0.467 e. The summed E-state index contributed by atoms with van der Waals surface area (Å²) in [6.45, 7) is 3.81. The Hall–Kier alpha value is -0.830. The van der Waals surface area contributed by atoms with Gasteiger partial charge in [-0.3, -0.25) is 0 Å². The van der Waals surface area contributed by atoms with Gasteiger partial charge in [0, 0.05) is 5.92 Å². The van der Waals surface area contributed by atoms with Gasteiger partial charge in [0.15, 0.2) is 6.10 Å². The molecular formula is C9H14O3. The first kappa shape index (κ1) is 9.26. The van der Waals surface area contributed by atoms with E-state index < -0.39 is 12.1 Å². The standard InChI is InChI=1S/C9H14O3/c1-6-4-3-5-7(6)8(10)9(11)12-2/h7-8,10H,1,3-5H2,2H3. The van der Waals surface area contributed by atoms with E-state index in [2.05, 4.69) is 11.3 Å². The monoisotopic (exact) mass is 170 g/mol. The highest BCUT2D eigenvalue weighted by Gasteiger charge is 2.31. The van der Waals surface area contributed by atoms with Gasteiger partial charge in [-0.05, 0) is 19.3 Å². The van der Waals surface area contributed by atoms with E-state index in [0.29, 0.717) is 0 Å². The topological polar surface area (TPSA) is 46.5 Å². The van der Waals surface area contributed by atoms with Gasteiger partial charge in [0.05, 0.1) is 7.11 Å². The fourth-order valence-electron chi connectivity index (χ4n) is 1.60. The van der Waals surface area contributed by atoms with Gasteiger partial charge in [0.2, 0.25) is 0 Å². The van der Waals surface area contributed by atoms with Crippen molar-refractivity contribution >= 4 is 5.97 Å². The molecule has 0 saturated heterocycles. The molecule has 1 aliphatic rings. The first-order valence-corrected chi connectivity index (χ1v) is 4.10. The van der Waals surface area contributed by atoms with E-state index >= 15 is 0 Å². The third-order valence-corrected chi connectivity index (χ3v) is 2.36. The van der Waals surface area contributed by atoms with Crippen LogP contribution in [0.3, 0.4) is 0 Å². The Labute approximate surface area is 72.0 Å². The second-order valence-corrected chi connectivity index (χ2v) is 3.12. The first-order valence-electron chi connectivity index (χ1n) is 4.10. The highest BCUT2D eigenvalue weighted by atomic mass is 16.5. The van der Waals surface area contributed by atoms with E-state index in [4.69, 9.17) is 0 Å². The molecule has 3 heteroatoms. The van der Waals surface area contributed by atoms with Gasteiger partial charge in [-0.2, -0.15) is 0 Å². The van der Waals surface area contributed by atoms with Gasteiger partial charge in [0.1, 0.15) is 0 Å². The number of carbonyl (C=O) groups excluding carboxylic acids is 1. The van der Waals surface area contributed by atoms with Crippen molar-refractivity contribution in [3.8, 4) is 0 Å². The Morgan fingerprint density at radius 3 is 2.92 bits per heavy atom. The summed E-state index contributed by atoms with van der Waals surface area (Å²) < 4.78 is 4.44. The zero-order valence-corrected chi connectivity index (χ0v) is 7.25. The molecule has 0 aliphatic heterocycles. The second kappa shape index (κ2) is 3.72. The number of aliphatic hydroxyl groups is 1. The SMILES string of the molecule is C=C1CCCC1C(O)C(=O)OC. The summed E-state index contributed by atoms with van der Waals surface area (Å²) in [5.74, 6) is -0.638. The molecule has 0 aromatic carbocycles. The number of carbonyl (C=O) groups is 1. The molecule has 1 aliphatic carbocycles. The molecule has 1 rings (SSSR count). The fourth-order valence-corrected chi connectivity index (χ4v) is 1.60. The van der Waals surface area contributed by atoms with Crippen LogP contribution < -0.4 is 0 Å². The lowest BCUT2D eigenvalue weighted by atomic mass is 9.97. The average molecular weight is 170 g/mol. The van der Waals surface area contributed by atoms with Crippen molar-refractivity contribution in [2.45, 2.75) is 25.4 Å². The summed E-state index contributed by atoms with van der Waals surface area (Å²) in [5.41, 5.74) is 0.966. The predicted molar refractivity (Wildman–Crippen MR) is 44.5 cm³/mol. The molecule has 1 saturated carbocycles. The van der Waals surface area contributed by atoms with Gasteiger partial charge in [0.25, 0.3) is 0 Å². The van der Waals surface area contributed by atoms with Crippen LogP contribution in [-0.4, -0.2) is 24.3 Å². The number of hydrogen-bond acceptors (Lipinski definition) is 3. The van der Waals surface area contributed by atoms with E-state index in [1.807, 2.05) is 0 Å². The van der Waals surface area contributed by atoms with Gasteiger partial charge in [-0.15, -0.1) is 0 Å². The average Bonchev–Trinajstić information content (AvgIpc) is 2.48. The van der Waals surface area contributed by atoms with Gasteiger partial charge in [-0.1, -0.05) is 12.2 Å². The Kier molecular flexibility index (Phi) is 2.87. The zero-order valence-electron chi connectivity index (χ0n) is 7.25. The van der Waals surface area contributed by atoms with Crippen molar-refractivity contribution < 1.29 is 14.6 Å². The van der Waals surface area contributed by atoms with E-state index in [9.17, 15) is 9.90 Å². The Morgan fingerprint density at radius 2 is 2.50 bits per heavy atom. The van der Waals surface area contributed by atoms with Gasteiger partial charge >= 0.3 is 5.97 Å². The van der Waals surface area contributed by atoms with Gasteiger partial charge < -0.3 is 9.84 Å². The zero-order chi connectivity index (χ0) is 9.14. The molecule has 0 aromatic heterocycles. The van der Waals surface area contributed by atoms with Crippen LogP contribution in [0.4, 0.5) is 0 Å². The summed E-state index contributed by atoms with van der Waals surface area (Å²) in [4.78, 5) is 10.9. The molecule has 2 unspecified atom stereocenters. The van der Waals surface area contributed by atoms with E-state index in [1.54, 1.807) is 0 Å². The number of rotatable bonds is 2. The maximum absolute atomic E-state index is 10.9. The maximum atomic E-state index is 10.9. The molecule has 12 heavy (non-hydrogen) atoms. The Bertz CT molecular complexity index is 198. The second-order valence-electron chi connectivity index (χ2n) is 3.12. The molecule has 1 N–H and O–H groups in total. The summed E-state index contributed by atoms with van der Waals surface area (Å²) in [7, 11) is 1.28. The third kappa shape index (κ3) is 1.67. The normalized spacial score (nSPS) is 25.5. The number of ether oxygens (including phenoxy) is 1. The molecular weight excluding hydrogens is 156 g/mol. The lowest BCUT2D eigenvalue weighted by Gasteiger charge is -2.16. The molecule has 0 radical (unpaired) electrons.